The van der Waals surface area contributed by atoms with E-state index in [0.717, 1.165) is 156 Å². The van der Waals surface area contributed by atoms with Gasteiger partial charge in [-0.25, -0.2) is 28.7 Å². The van der Waals surface area contributed by atoms with Gasteiger partial charge in [0.15, 0.2) is 0 Å². The number of nitrogens with zero attached hydrogens (tertiary/aromatic N) is 8. The number of benzene rings is 4. The molecule has 4 aliphatic heterocycles. The standard InChI is InChI=1S/C25H31FN4O2.C25H32N4O2.C24H28FN3O3.C24H29N3O3/c26-18-3-1-2-17-20-12-28-13-30(20)19(23(17)18)8-21(31)25-9-14-6-15(10-25)24(16(7-14)11-25)29-22(32)4-5-27;26-6-5-23(31)28-24-16-7-15-8-17(24)12-25(10-15,11-16)22(30)9-20-18-3-1-2-4-19(18)21-13-27-14-29(20)21;25-17-3-1-2-16-19-10-26-12-28(19)18(22(16)17)6-20(30)24-7-13-4-14(8-24)23(15(5-13)9-24)27-21(31)11-29;28-12-22(30)26-23-15-5-14-6-16(23)10-24(8-14,9-15)21(29)7-19-17-3-1-2-4-18(17)20-11-25-13-27(19)20/h1-3,12-16,19,21,24,31H,4-11,27H2,(H,29,32);1-4,13-17,20,22,24,30H,5-12,26H2,(H,28,31);1-3,10,12-15,18,20,23,29-30H,4-9,11H2,(H,27,31);1-4,11,13-16,19,21,23,28-29H,5-10,12H2,(H,26,30). The van der Waals surface area contributed by atoms with E-state index in [9.17, 15) is 53.5 Å². The third kappa shape index (κ3) is 14.0. The fraction of sp³-hybridized carbons (Fsp3) is 0.592. The summed E-state index contributed by atoms with van der Waals surface area (Å²) in [6.07, 6.45) is 37.1. The van der Waals surface area contributed by atoms with Crippen molar-refractivity contribution in [1.29, 1.82) is 0 Å². The molecule has 24 nitrogen and oxygen atoms in total. The largest absolute Gasteiger partial charge is 0.392 e. The van der Waals surface area contributed by atoms with Gasteiger partial charge in [0.2, 0.25) is 23.6 Å². The minimum Gasteiger partial charge on any atom is -0.392 e. The number of halogens is 2. The summed E-state index contributed by atoms with van der Waals surface area (Å²) < 4.78 is 38.2. The minimum atomic E-state index is -0.541. The van der Waals surface area contributed by atoms with E-state index in [1.807, 2.05) is 46.3 Å². The van der Waals surface area contributed by atoms with Crippen molar-refractivity contribution in [2.45, 2.75) is 240 Å². The summed E-state index contributed by atoms with van der Waals surface area (Å²) in [5, 5.41) is 77.5. The van der Waals surface area contributed by atoms with Crippen molar-refractivity contribution in [3.05, 3.63) is 169 Å². The zero-order valence-corrected chi connectivity index (χ0v) is 70.6. The average molecular weight is 1690 g/mol. The van der Waals surface area contributed by atoms with Gasteiger partial charge in [-0.05, 0) is 270 Å². The Hall–Kier alpha value is -8.86. The van der Waals surface area contributed by atoms with Gasteiger partial charge in [0.25, 0.3) is 0 Å². The number of amides is 4. The first kappa shape index (κ1) is 82.1. The van der Waals surface area contributed by atoms with Crippen molar-refractivity contribution in [1.82, 2.24) is 59.5 Å². The molecule has 16 unspecified atom stereocenters. The van der Waals surface area contributed by atoms with Crippen LogP contribution >= 0.6 is 0 Å². The monoisotopic (exact) mass is 1690 g/mol. The summed E-state index contributed by atoms with van der Waals surface area (Å²) in [6, 6.07) is 27.9. The molecule has 16 fully saturated rings. The number of imidazole rings is 4. The maximum absolute atomic E-state index is 14.9. The van der Waals surface area contributed by atoms with Gasteiger partial charge in [0.1, 0.15) is 24.8 Å². The second-order valence-corrected chi connectivity index (χ2v) is 41.5. The Labute approximate surface area is 722 Å². The molecular weight excluding hydrogens is 1570 g/mol. The van der Waals surface area contributed by atoms with Crippen molar-refractivity contribution < 1.29 is 58.6 Å². The molecule has 0 saturated heterocycles. The molecular formula is C98H120F2N14O10. The highest BCUT2D eigenvalue weighted by molar-refractivity contribution is 5.79. The molecule has 16 aliphatic carbocycles. The van der Waals surface area contributed by atoms with E-state index in [1.54, 1.807) is 37.2 Å². The number of carbonyl (C=O) groups excluding carboxylic acids is 4. The number of aromatic nitrogens is 8. The Bertz CT molecular complexity index is 5310. The molecule has 20 aliphatic rings. The highest BCUT2D eigenvalue weighted by Crippen LogP contribution is 2.68. The highest BCUT2D eigenvalue weighted by atomic mass is 19.1. The lowest BCUT2D eigenvalue weighted by Gasteiger charge is -2.61. The number of hydrogen-bond acceptors (Lipinski definition) is 16. The molecule has 0 spiro atoms. The van der Waals surface area contributed by atoms with Crippen LogP contribution in [0.5, 0.6) is 0 Å². The van der Waals surface area contributed by atoms with E-state index in [-0.39, 0.29) is 117 Å². The van der Waals surface area contributed by atoms with E-state index in [4.69, 9.17) is 16.6 Å². The van der Waals surface area contributed by atoms with Crippen LogP contribution in [0.2, 0.25) is 0 Å². The van der Waals surface area contributed by atoms with Gasteiger partial charge < -0.3 is 81.6 Å². The number of aliphatic hydroxyl groups is 6. The Morgan fingerprint density at radius 2 is 0.621 bits per heavy atom. The molecule has 16 saturated carbocycles. The zero-order valence-electron chi connectivity index (χ0n) is 70.6. The molecule has 4 aromatic heterocycles. The van der Waals surface area contributed by atoms with Crippen molar-refractivity contribution in [2.24, 2.45) is 104 Å². The molecule has 26 heteroatoms. The van der Waals surface area contributed by atoms with Crippen LogP contribution < -0.4 is 32.7 Å². The second kappa shape index (κ2) is 32.2. The molecule has 8 heterocycles. The third-order valence-corrected chi connectivity index (χ3v) is 34.8. The summed E-state index contributed by atoms with van der Waals surface area (Å²) in [5.41, 5.74) is 23.0. The zero-order chi connectivity index (χ0) is 85.0. The first-order chi connectivity index (χ1) is 60.1. The lowest BCUT2D eigenvalue weighted by atomic mass is 9.46. The van der Waals surface area contributed by atoms with Crippen LogP contribution in [0.25, 0.3) is 45.0 Å². The van der Waals surface area contributed by atoms with Crippen LogP contribution in [0.1, 0.15) is 213 Å². The Morgan fingerprint density at radius 3 is 0.911 bits per heavy atom. The molecule has 14 N–H and O–H groups in total. The van der Waals surface area contributed by atoms with Gasteiger partial charge in [-0.3, -0.25) is 19.2 Å². The van der Waals surface area contributed by atoms with Crippen LogP contribution in [-0.2, 0) is 19.2 Å². The molecule has 4 aromatic carbocycles. The minimum absolute atomic E-state index is 0.0100. The Morgan fingerprint density at radius 1 is 0.363 bits per heavy atom. The van der Waals surface area contributed by atoms with Crippen molar-refractivity contribution >= 4 is 23.6 Å². The van der Waals surface area contributed by atoms with E-state index in [0.29, 0.717) is 127 Å². The van der Waals surface area contributed by atoms with Gasteiger partial charge in [0, 0.05) is 83.5 Å². The number of fused-ring (bicyclic) bond motifs is 12. The summed E-state index contributed by atoms with van der Waals surface area (Å²) in [5.74, 6) is 4.97. The van der Waals surface area contributed by atoms with E-state index in [1.165, 1.54) is 47.2 Å². The summed E-state index contributed by atoms with van der Waals surface area (Å²) in [6.45, 7) is -0.151. The molecule has 8 aromatic rings. The molecule has 124 heavy (non-hydrogen) atoms. The van der Waals surface area contributed by atoms with E-state index < -0.39 is 25.4 Å². The fourth-order valence-electron chi connectivity index (χ4n) is 30.8. The SMILES string of the molecule is NCCC(=O)NC1C2CC3CC1CC(C(O)CC1c4c(F)cccc4-c4cncn41)(C3)C2.NCCC(=O)NC1C2CC3CC1CC(C(O)CC1c4ccccc4-c4cncn41)(C3)C2.O=C(CO)NC1C2CC3CC1CC(C(O)CC1c4c(F)cccc4-c4cncn41)(C3)C2.O=C(CO)NC1C2CC3CC1CC(C(O)CC1c4ccccc4-c4cncn41)(C3)C2. The number of hydrogen-bond donors (Lipinski definition) is 12. The van der Waals surface area contributed by atoms with Crippen LogP contribution in [-0.4, -0.2) is 167 Å². The summed E-state index contributed by atoms with van der Waals surface area (Å²) in [4.78, 5) is 65.4. The summed E-state index contributed by atoms with van der Waals surface area (Å²) in [7, 11) is 0. The number of nitrogens with two attached hydrogens (primary N) is 2. The first-order valence-corrected chi connectivity index (χ1v) is 46.5. The quantitative estimate of drug-likeness (QED) is 0.0300. The lowest BCUT2D eigenvalue weighted by molar-refractivity contribution is -0.146. The van der Waals surface area contributed by atoms with Crippen LogP contribution in [0.4, 0.5) is 8.78 Å². The van der Waals surface area contributed by atoms with Crippen LogP contribution in [0, 0.1) is 104 Å². The number of carbonyl (C=O) groups is 4. The molecule has 16 bridgehead atoms. The van der Waals surface area contributed by atoms with Gasteiger partial charge in [-0.1, -0.05) is 72.8 Å². The molecule has 4 amide bonds. The smallest absolute Gasteiger partial charge is 0.245 e. The fourth-order valence-corrected chi connectivity index (χ4v) is 30.8. The van der Waals surface area contributed by atoms with Gasteiger partial charge in [-0.2, -0.15) is 0 Å². The number of nitrogens with one attached hydrogen (secondary N) is 4. The highest BCUT2D eigenvalue weighted by Gasteiger charge is 2.64. The van der Waals surface area contributed by atoms with Crippen LogP contribution in [0.3, 0.4) is 0 Å². The summed E-state index contributed by atoms with van der Waals surface area (Å²) >= 11 is 0. The average Bonchev–Trinajstić information content (AvgIpc) is 0.750. The van der Waals surface area contributed by atoms with E-state index >= 15 is 0 Å². The van der Waals surface area contributed by atoms with Crippen LogP contribution in [0.15, 0.2) is 135 Å². The third-order valence-electron chi connectivity index (χ3n) is 34.8. The maximum Gasteiger partial charge on any atom is 0.245 e. The second-order valence-electron chi connectivity index (χ2n) is 41.5. The van der Waals surface area contributed by atoms with Gasteiger partial charge >= 0.3 is 0 Å². The Kier molecular flexibility index (Phi) is 21.3. The molecule has 16 atom stereocenters. The lowest BCUT2D eigenvalue weighted by Crippen LogP contribution is -2.62. The van der Waals surface area contributed by atoms with E-state index in [2.05, 4.69) is 98.9 Å². The number of aliphatic hydroxyl groups excluding tert-OH is 6. The molecule has 656 valence electrons. The van der Waals surface area contributed by atoms with Crippen molar-refractivity contribution in [3.63, 3.8) is 0 Å². The Balaban J connectivity index is 0.000000101. The normalized spacial score (nSPS) is 35.6. The van der Waals surface area contributed by atoms with Gasteiger partial charge in [0.05, 0.1) is 121 Å². The van der Waals surface area contributed by atoms with Gasteiger partial charge in [-0.15, -0.1) is 0 Å². The predicted molar refractivity (Wildman–Crippen MR) is 459 cm³/mol. The molecule has 28 rings (SSSR count). The first-order valence-electron chi connectivity index (χ1n) is 46.5. The van der Waals surface area contributed by atoms with Crippen molar-refractivity contribution in [3.8, 4) is 45.0 Å². The molecule has 0 radical (unpaired) electrons. The predicted octanol–water partition coefficient (Wildman–Crippen LogP) is 11.0. The topological polar surface area (TPSA) is 361 Å². The van der Waals surface area contributed by atoms with Crippen molar-refractivity contribution in [2.75, 3.05) is 26.3 Å². The maximum atomic E-state index is 14.9. The number of rotatable bonds is 22.